The molecule has 4 rings (SSSR count). The van der Waals surface area contributed by atoms with Gasteiger partial charge in [-0.3, -0.25) is 9.47 Å². The highest BCUT2D eigenvalue weighted by atomic mass is 32.2. The molecule has 2 aromatic heterocycles. The molecule has 112 valence electrons. The standard InChI is InChI=1S/C16H22N4S/c1-2-19-9-4-6-14(19)20-15(12-7-10-21-11-12)18-13-5-3-8-17-16(13)20/h3,5,8,12,14H,2,4,6-7,9-11H2,1H3. The minimum Gasteiger partial charge on any atom is -0.296 e. The SMILES string of the molecule is CCN1CCCC1n1c(C2CCSC2)nc2cccnc21. The third kappa shape index (κ3) is 2.27. The van der Waals surface area contributed by atoms with Crippen LogP contribution in [-0.2, 0) is 0 Å². The van der Waals surface area contributed by atoms with E-state index in [2.05, 4.69) is 39.2 Å². The molecule has 0 aliphatic carbocycles. The molecule has 0 saturated carbocycles. The third-order valence-corrected chi connectivity index (χ3v) is 5.97. The number of likely N-dealkylation sites (tertiary alicyclic amines) is 1. The average molecular weight is 302 g/mol. The summed E-state index contributed by atoms with van der Waals surface area (Å²) in [6.45, 7) is 4.57. The largest absolute Gasteiger partial charge is 0.296 e. The predicted octanol–water partition coefficient (Wildman–Crippen LogP) is 3.27. The minimum atomic E-state index is 0.454. The van der Waals surface area contributed by atoms with Crippen LogP contribution in [0.25, 0.3) is 11.2 Å². The summed E-state index contributed by atoms with van der Waals surface area (Å²) in [4.78, 5) is 12.2. The van der Waals surface area contributed by atoms with E-state index in [1.165, 1.54) is 43.1 Å². The summed E-state index contributed by atoms with van der Waals surface area (Å²) in [5.41, 5.74) is 2.14. The summed E-state index contributed by atoms with van der Waals surface area (Å²) in [7, 11) is 0. The van der Waals surface area contributed by atoms with Crippen molar-refractivity contribution in [1.82, 2.24) is 19.4 Å². The van der Waals surface area contributed by atoms with Crippen molar-refractivity contribution in [3.8, 4) is 0 Å². The van der Waals surface area contributed by atoms with Crippen molar-refractivity contribution >= 4 is 22.9 Å². The molecule has 2 aliphatic rings. The van der Waals surface area contributed by atoms with Gasteiger partial charge in [-0.1, -0.05) is 6.92 Å². The molecule has 21 heavy (non-hydrogen) atoms. The maximum absolute atomic E-state index is 4.97. The van der Waals surface area contributed by atoms with Crippen molar-refractivity contribution < 1.29 is 0 Å². The van der Waals surface area contributed by atoms with Crippen molar-refractivity contribution in [3.63, 3.8) is 0 Å². The molecule has 2 aliphatic heterocycles. The van der Waals surface area contributed by atoms with Crippen LogP contribution < -0.4 is 0 Å². The first-order valence-corrected chi connectivity index (χ1v) is 9.18. The molecule has 2 atom stereocenters. The van der Waals surface area contributed by atoms with Gasteiger partial charge in [0.15, 0.2) is 5.65 Å². The molecule has 0 amide bonds. The molecule has 0 radical (unpaired) electrons. The number of nitrogens with zero attached hydrogens (tertiary/aromatic N) is 4. The van der Waals surface area contributed by atoms with Crippen LogP contribution in [0.5, 0.6) is 0 Å². The van der Waals surface area contributed by atoms with Crippen molar-refractivity contribution in [1.29, 1.82) is 0 Å². The second-order valence-electron chi connectivity index (χ2n) is 6.00. The number of rotatable bonds is 3. The summed E-state index contributed by atoms with van der Waals surface area (Å²) in [6, 6.07) is 4.11. The van der Waals surface area contributed by atoms with E-state index in [1.807, 2.05) is 12.3 Å². The average Bonchev–Trinajstić information content (AvgIpc) is 3.24. The molecule has 4 nitrogen and oxygen atoms in total. The number of pyridine rings is 1. The minimum absolute atomic E-state index is 0.454. The summed E-state index contributed by atoms with van der Waals surface area (Å²) in [6.07, 6.45) is 6.12. The molecule has 2 unspecified atom stereocenters. The Morgan fingerprint density at radius 1 is 1.38 bits per heavy atom. The fourth-order valence-electron chi connectivity index (χ4n) is 3.74. The first-order chi connectivity index (χ1) is 10.4. The van der Waals surface area contributed by atoms with Crippen LogP contribution in [0.4, 0.5) is 0 Å². The van der Waals surface area contributed by atoms with Gasteiger partial charge in [0.2, 0.25) is 0 Å². The van der Waals surface area contributed by atoms with E-state index in [4.69, 9.17) is 4.98 Å². The molecule has 2 aromatic rings. The zero-order chi connectivity index (χ0) is 14.2. The fourth-order valence-corrected chi connectivity index (χ4v) is 4.96. The Morgan fingerprint density at radius 2 is 2.33 bits per heavy atom. The molecular weight excluding hydrogens is 280 g/mol. The molecule has 4 heterocycles. The Kier molecular flexibility index (Phi) is 3.63. The smallest absolute Gasteiger partial charge is 0.161 e. The Hall–Kier alpha value is -1.07. The summed E-state index contributed by atoms with van der Waals surface area (Å²) in [5, 5.41) is 0. The van der Waals surface area contributed by atoms with Crippen LogP contribution in [0.3, 0.4) is 0 Å². The Balaban J connectivity index is 1.85. The van der Waals surface area contributed by atoms with E-state index in [0.29, 0.717) is 12.1 Å². The zero-order valence-electron chi connectivity index (χ0n) is 12.5. The van der Waals surface area contributed by atoms with Gasteiger partial charge in [-0.2, -0.15) is 11.8 Å². The molecular formula is C16H22N4S. The lowest BCUT2D eigenvalue weighted by Gasteiger charge is -2.27. The predicted molar refractivity (Wildman–Crippen MR) is 87.7 cm³/mol. The summed E-state index contributed by atoms with van der Waals surface area (Å²) < 4.78 is 2.46. The highest BCUT2D eigenvalue weighted by molar-refractivity contribution is 7.99. The van der Waals surface area contributed by atoms with Gasteiger partial charge in [0.25, 0.3) is 0 Å². The van der Waals surface area contributed by atoms with Gasteiger partial charge >= 0.3 is 0 Å². The van der Waals surface area contributed by atoms with Gasteiger partial charge < -0.3 is 0 Å². The normalized spacial score (nSPS) is 26.9. The third-order valence-electron chi connectivity index (χ3n) is 4.80. The second kappa shape index (κ2) is 5.61. The Bertz CT molecular complexity index is 632. The van der Waals surface area contributed by atoms with E-state index in [0.717, 1.165) is 17.7 Å². The van der Waals surface area contributed by atoms with Crippen LogP contribution in [0.15, 0.2) is 18.3 Å². The highest BCUT2D eigenvalue weighted by Crippen LogP contribution is 2.37. The van der Waals surface area contributed by atoms with E-state index in [-0.39, 0.29) is 0 Å². The lowest BCUT2D eigenvalue weighted by Crippen LogP contribution is -2.29. The van der Waals surface area contributed by atoms with Crippen LogP contribution in [-0.4, -0.2) is 44.0 Å². The van der Waals surface area contributed by atoms with Gasteiger partial charge in [0.05, 0.1) is 6.17 Å². The van der Waals surface area contributed by atoms with Crippen molar-refractivity contribution in [2.75, 3.05) is 24.6 Å². The molecule has 2 saturated heterocycles. The summed E-state index contributed by atoms with van der Waals surface area (Å²) >= 11 is 2.06. The van der Waals surface area contributed by atoms with Gasteiger partial charge in [-0.15, -0.1) is 0 Å². The monoisotopic (exact) mass is 302 g/mol. The van der Waals surface area contributed by atoms with Gasteiger partial charge in [0.1, 0.15) is 11.3 Å². The van der Waals surface area contributed by atoms with Crippen molar-refractivity contribution in [2.24, 2.45) is 0 Å². The zero-order valence-corrected chi connectivity index (χ0v) is 13.4. The van der Waals surface area contributed by atoms with E-state index in [1.54, 1.807) is 0 Å². The molecule has 0 N–H and O–H groups in total. The number of aromatic nitrogens is 3. The van der Waals surface area contributed by atoms with E-state index < -0.39 is 0 Å². The topological polar surface area (TPSA) is 34.0 Å². The molecule has 5 heteroatoms. The Labute approximate surface area is 129 Å². The second-order valence-corrected chi connectivity index (χ2v) is 7.15. The van der Waals surface area contributed by atoms with Crippen LogP contribution >= 0.6 is 11.8 Å². The van der Waals surface area contributed by atoms with Crippen molar-refractivity contribution in [2.45, 2.75) is 38.3 Å². The quantitative estimate of drug-likeness (QED) is 0.871. The number of fused-ring (bicyclic) bond motifs is 1. The lowest BCUT2D eigenvalue weighted by molar-refractivity contribution is 0.202. The van der Waals surface area contributed by atoms with Crippen molar-refractivity contribution in [3.05, 3.63) is 24.2 Å². The van der Waals surface area contributed by atoms with E-state index in [9.17, 15) is 0 Å². The lowest BCUT2D eigenvalue weighted by atomic mass is 10.1. The fraction of sp³-hybridized carbons (Fsp3) is 0.625. The Morgan fingerprint density at radius 3 is 3.14 bits per heavy atom. The first kappa shape index (κ1) is 13.6. The maximum Gasteiger partial charge on any atom is 0.161 e. The van der Waals surface area contributed by atoms with Crippen LogP contribution in [0.1, 0.15) is 44.1 Å². The molecule has 2 fully saturated rings. The van der Waals surface area contributed by atoms with Crippen LogP contribution in [0.2, 0.25) is 0 Å². The molecule has 0 spiro atoms. The van der Waals surface area contributed by atoms with Gasteiger partial charge in [-0.05, 0) is 43.7 Å². The number of hydrogen-bond donors (Lipinski definition) is 0. The highest BCUT2D eigenvalue weighted by Gasteiger charge is 2.32. The first-order valence-electron chi connectivity index (χ1n) is 8.03. The maximum atomic E-state index is 4.97. The van der Waals surface area contributed by atoms with Crippen LogP contribution in [0, 0.1) is 0 Å². The number of thioether (sulfide) groups is 1. The number of hydrogen-bond acceptors (Lipinski definition) is 4. The van der Waals surface area contributed by atoms with E-state index >= 15 is 0 Å². The van der Waals surface area contributed by atoms with Gasteiger partial charge in [-0.25, -0.2) is 9.97 Å². The van der Waals surface area contributed by atoms with Gasteiger partial charge in [0, 0.05) is 24.4 Å². The number of imidazole rings is 1. The molecule has 0 aromatic carbocycles. The molecule has 0 bridgehead atoms. The summed E-state index contributed by atoms with van der Waals surface area (Å²) in [5.74, 6) is 4.36.